The number of nitrogens with one attached hydrogen (secondary N) is 1. The van der Waals surface area contributed by atoms with Crippen LogP contribution in [-0.4, -0.2) is 40.7 Å². The Hall–Kier alpha value is -3.70. The molecule has 32 heavy (non-hydrogen) atoms. The summed E-state index contributed by atoms with van der Waals surface area (Å²) in [6.07, 6.45) is 3.44. The van der Waals surface area contributed by atoms with Gasteiger partial charge in [-0.2, -0.15) is 10.2 Å². The van der Waals surface area contributed by atoms with Crippen molar-refractivity contribution in [3.63, 3.8) is 0 Å². The van der Waals surface area contributed by atoms with Crippen molar-refractivity contribution in [2.24, 2.45) is 0 Å². The van der Waals surface area contributed by atoms with Gasteiger partial charge in [-0.3, -0.25) is 4.40 Å². The molecule has 0 bridgehead atoms. The van der Waals surface area contributed by atoms with Gasteiger partial charge in [0.25, 0.3) is 0 Å². The quantitative estimate of drug-likeness (QED) is 0.523. The third-order valence-corrected chi connectivity index (χ3v) is 6.08. The summed E-state index contributed by atoms with van der Waals surface area (Å²) < 4.78 is 22.4. The second-order valence-corrected chi connectivity index (χ2v) is 7.98. The van der Waals surface area contributed by atoms with Crippen LogP contribution >= 0.6 is 0 Å². The molecule has 1 atom stereocenters. The molecule has 1 aliphatic heterocycles. The third kappa shape index (κ3) is 3.41. The van der Waals surface area contributed by atoms with Gasteiger partial charge in [0.15, 0.2) is 0 Å². The Kier molecular flexibility index (Phi) is 5.11. The van der Waals surface area contributed by atoms with Gasteiger partial charge >= 0.3 is 0 Å². The molecule has 0 radical (unpaired) electrons. The number of benzene rings is 2. The van der Waals surface area contributed by atoms with Crippen LogP contribution in [0.15, 0.2) is 42.7 Å². The molecule has 8 heteroatoms. The molecule has 2 aromatic heterocycles. The molecule has 162 valence electrons. The van der Waals surface area contributed by atoms with E-state index in [0.717, 1.165) is 16.5 Å². The number of nitrogens with zero attached hydrogens (tertiary/aromatic N) is 5. The van der Waals surface area contributed by atoms with Crippen LogP contribution in [0, 0.1) is 24.1 Å². The van der Waals surface area contributed by atoms with E-state index in [4.69, 9.17) is 9.72 Å². The molecule has 0 spiro atoms. The van der Waals surface area contributed by atoms with Crippen LogP contribution in [0.2, 0.25) is 0 Å². The maximum absolute atomic E-state index is 15.1. The van der Waals surface area contributed by atoms with Crippen molar-refractivity contribution in [1.82, 2.24) is 14.4 Å². The maximum Gasteiger partial charge on any atom is 0.236 e. The van der Waals surface area contributed by atoms with Gasteiger partial charge in [-0.05, 0) is 37.1 Å². The molecule has 0 saturated carbocycles. The Morgan fingerprint density at radius 1 is 1.25 bits per heavy atom. The largest absolute Gasteiger partial charge is 0.378 e. The van der Waals surface area contributed by atoms with Gasteiger partial charge in [0.05, 0.1) is 42.1 Å². The lowest BCUT2D eigenvalue weighted by molar-refractivity contribution is 0.122. The smallest absolute Gasteiger partial charge is 0.236 e. The number of fused-ring (bicyclic) bond motifs is 3. The van der Waals surface area contributed by atoms with Gasteiger partial charge in [0.1, 0.15) is 11.6 Å². The van der Waals surface area contributed by atoms with Gasteiger partial charge in [0.2, 0.25) is 5.78 Å². The van der Waals surface area contributed by atoms with E-state index in [9.17, 15) is 5.26 Å². The Morgan fingerprint density at radius 3 is 2.84 bits per heavy atom. The molecule has 0 unspecified atom stereocenters. The highest BCUT2D eigenvalue weighted by atomic mass is 19.1. The molecular formula is C24H23FN6O. The third-order valence-electron chi connectivity index (χ3n) is 6.08. The van der Waals surface area contributed by atoms with Crippen molar-refractivity contribution < 1.29 is 9.13 Å². The Bertz CT molecular complexity index is 1350. The van der Waals surface area contributed by atoms with E-state index in [-0.39, 0.29) is 11.9 Å². The van der Waals surface area contributed by atoms with E-state index in [1.807, 2.05) is 43.0 Å². The predicted molar refractivity (Wildman–Crippen MR) is 121 cm³/mol. The Morgan fingerprint density at radius 2 is 2.06 bits per heavy atom. The molecule has 7 nitrogen and oxygen atoms in total. The Labute approximate surface area is 185 Å². The second-order valence-electron chi connectivity index (χ2n) is 7.98. The fraction of sp³-hybridized carbons (Fsp3) is 0.292. The van der Waals surface area contributed by atoms with Crippen molar-refractivity contribution in [3.8, 4) is 6.07 Å². The number of rotatable bonds is 4. The monoisotopic (exact) mass is 430 g/mol. The number of imidazole rings is 1. The molecule has 1 fully saturated rings. The van der Waals surface area contributed by atoms with Crippen molar-refractivity contribution in [1.29, 1.82) is 5.26 Å². The summed E-state index contributed by atoms with van der Waals surface area (Å²) in [6.45, 7) is 6.41. The van der Waals surface area contributed by atoms with Gasteiger partial charge in [0, 0.05) is 36.9 Å². The number of hydrogen-bond donors (Lipinski definition) is 1. The Balaban J connectivity index is 1.63. The number of hydrogen-bond acceptors (Lipinski definition) is 6. The number of ether oxygens (including phenoxy) is 1. The van der Waals surface area contributed by atoms with E-state index in [2.05, 4.69) is 16.4 Å². The average molecular weight is 430 g/mol. The highest BCUT2D eigenvalue weighted by molar-refractivity contribution is 5.94. The molecule has 1 N–H and O–H groups in total. The zero-order chi connectivity index (χ0) is 22.2. The lowest BCUT2D eigenvalue weighted by Gasteiger charge is -2.29. The minimum absolute atomic E-state index is 0.117. The van der Waals surface area contributed by atoms with Crippen molar-refractivity contribution >= 4 is 28.2 Å². The maximum atomic E-state index is 15.1. The zero-order valence-corrected chi connectivity index (χ0v) is 18.0. The van der Waals surface area contributed by atoms with Gasteiger partial charge in [-0.1, -0.05) is 12.1 Å². The van der Waals surface area contributed by atoms with Crippen LogP contribution < -0.4 is 10.2 Å². The first-order chi connectivity index (χ1) is 15.6. The van der Waals surface area contributed by atoms with E-state index < -0.39 is 0 Å². The van der Waals surface area contributed by atoms with Crippen LogP contribution in [0.25, 0.3) is 16.7 Å². The highest BCUT2D eigenvalue weighted by Gasteiger charge is 2.20. The summed E-state index contributed by atoms with van der Waals surface area (Å²) in [7, 11) is 0. The van der Waals surface area contributed by atoms with E-state index in [1.54, 1.807) is 22.9 Å². The van der Waals surface area contributed by atoms with Crippen molar-refractivity contribution in [2.75, 3.05) is 36.5 Å². The van der Waals surface area contributed by atoms with Crippen molar-refractivity contribution in [2.45, 2.75) is 19.9 Å². The topological polar surface area (TPSA) is 78.5 Å². The predicted octanol–water partition coefficient (Wildman–Crippen LogP) is 4.21. The molecule has 0 amide bonds. The van der Waals surface area contributed by atoms with Crippen LogP contribution in [0.5, 0.6) is 0 Å². The first kappa shape index (κ1) is 20.2. The lowest BCUT2D eigenvalue weighted by atomic mass is 9.98. The molecule has 5 rings (SSSR count). The summed E-state index contributed by atoms with van der Waals surface area (Å²) in [5.74, 6) is 0.841. The number of anilines is 2. The molecule has 0 aliphatic carbocycles. The molecule has 3 heterocycles. The standard InChI is InChI=1S/C24H23FN6O/c1-15-17(14-26)4-3-5-18(15)16(2)28-23-19-12-22(30-8-10-32-11-9-30)20(25)13-21(19)31-7-6-27-24(31)29-23/h3-7,12-13,16H,8-11H2,1-2H3,(H,27,28,29)/t16-/m1/s1. The van der Waals surface area contributed by atoms with Crippen molar-refractivity contribution in [3.05, 3.63) is 65.2 Å². The SMILES string of the molecule is Cc1c(C#N)cccc1[C@@H](C)Nc1nc2nccn2c2cc(F)c(N3CCOCC3)cc12. The summed E-state index contributed by atoms with van der Waals surface area (Å²) >= 11 is 0. The normalized spacial score (nSPS) is 15.1. The molecule has 2 aromatic carbocycles. The van der Waals surface area contributed by atoms with Crippen LogP contribution in [0.3, 0.4) is 0 Å². The molecular weight excluding hydrogens is 407 g/mol. The van der Waals surface area contributed by atoms with Crippen LogP contribution in [0.4, 0.5) is 15.9 Å². The number of morpholine rings is 1. The number of nitriles is 1. The fourth-order valence-electron chi connectivity index (χ4n) is 4.35. The van der Waals surface area contributed by atoms with E-state index in [0.29, 0.717) is 54.7 Å². The molecule has 4 aromatic rings. The average Bonchev–Trinajstić information content (AvgIpc) is 3.28. The van der Waals surface area contributed by atoms with Gasteiger partial charge in [-0.15, -0.1) is 0 Å². The fourth-order valence-corrected chi connectivity index (χ4v) is 4.35. The van der Waals surface area contributed by atoms with Crippen LogP contribution in [-0.2, 0) is 4.74 Å². The van der Waals surface area contributed by atoms with E-state index >= 15 is 4.39 Å². The lowest BCUT2D eigenvalue weighted by Crippen LogP contribution is -2.36. The first-order valence-corrected chi connectivity index (χ1v) is 10.6. The summed E-state index contributed by atoms with van der Waals surface area (Å²) in [5.41, 5.74) is 3.83. The number of halogens is 1. The molecule has 1 aliphatic rings. The van der Waals surface area contributed by atoms with Crippen LogP contribution in [0.1, 0.15) is 29.7 Å². The summed E-state index contributed by atoms with van der Waals surface area (Å²) in [4.78, 5) is 11.0. The number of aromatic nitrogens is 3. The highest BCUT2D eigenvalue weighted by Crippen LogP contribution is 2.33. The first-order valence-electron chi connectivity index (χ1n) is 10.6. The minimum atomic E-state index is -0.280. The summed E-state index contributed by atoms with van der Waals surface area (Å²) in [6, 6.07) is 11.2. The zero-order valence-electron chi connectivity index (χ0n) is 18.0. The molecule has 1 saturated heterocycles. The second kappa shape index (κ2) is 8.09. The van der Waals surface area contributed by atoms with Gasteiger partial charge < -0.3 is 15.0 Å². The summed E-state index contributed by atoms with van der Waals surface area (Å²) in [5, 5.41) is 13.7. The van der Waals surface area contributed by atoms with E-state index in [1.165, 1.54) is 0 Å². The van der Waals surface area contributed by atoms with Gasteiger partial charge in [-0.25, -0.2) is 9.37 Å². The minimum Gasteiger partial charge on any atom is -0.378 e.